The highest BCUT2D eigenvalue weighted by molar-refractivity contribution is 5.77. The monoisotopic (exact) mass is 206 g/mol. The predicted octanol–water partition coefficient (Wildman–Crippen LogP) is -0.268. The Hall–Kier alpha value is -1.80. The second-order valence-corrected chi connectivity index (χ2v) is 3.23. The van der Waals surface area contributed by atoms with E-state index in [9.17, 15) is 4.79 Å². The largest absolute Gasteiger partial charge is 0.358 e. The minimum absolute atomic E-state index is 0.0496. The van der Waals surface area contributed by atoms with Gasteiger partial charge in [-0.1, -0.05) is 0 Å². The average Bonchev–Trinajstić information content (AvgIpc) is 2.58. The normalized spacial score (nSPS) is 9.67. The second-order valence-electron chi connectivity index (χ2n) is 3.23. The fourth-order valence-corrected chi connectivity index (χ4v) is 1.25. The number of rotatable bonds is 4. The second kappa shape index (κ2) is 5.17. The molecule has 0 unspecified atom stereocenters. The van der Waals surface area contributed by atoms with Crippen molar-refractivity contribution in [2.24, 2.45) is 7.05 Å². The molecule has 80 valence electrons. The molecular formula is C10H14N4O. The van der Waals surface area contributed by atoms with E-state index in [0.717, 1.165) is 5.56 Å². The highest BCUT2D eigenvalue weighted by Gasteiger charge is 2.02. The number of hydrogen-bond acceptors (Lipinski definition) is 3. The molecule has 0 aliphatic carbocycles. The van der Waals surface area contributed by atoms with Crippen molar-refractivity contribution in [3.63, 3.8) is 0 Å². The lowest BCUT2D eigenvalue weighted by atomic mass is 10.3. The van der Waals surface area contributed by atoms with Crippen molar-refractivity contribution in [3.8, 4) is 6.07 Å². The van der Waals surface area contributed by atoms with Crippen LogP contribution in [0.4, 0.5) is 0 Å². The van der Waals surface area contributed by atoms with Crippen molar-refractivity contribution in [1.82, 2.24) is 15.2 Å². The molecule has 5 heteroatoms. The van der Waals surface area contributed by atoms with Crippen LogP contribution in [-0.2, 0) is 18.4 Å². The van der Waals surface area contributed by atoms with E-state index in [-0.39, 0.29) is 12.5 Å². The van der Waals surface area contributed by atoms with Gasteiger partial charge in [-0.15, -0.1) is 0 Å². The Morgan fingerprint density at radius 3 is 2.93 bits per heavy atom. The first-order valence-electron chi connectivity index (χ1n) is 4.64. The molecule has 0 aliphatic rings. The maximum absolute atomic E-state index is 10.9. The van der Waals surface area contributed by atoms with Crippen LogP contribution < -0.4 is 10.6 Å². The van der Waals surface area contributed by atoms with Crippen LogP contribution in [0.25, 0.3) is 0 Å². The Kier molecular flexibility index (Phi) is 3.89. The zero-order chi connectivity index (χ0) is 11.3. The van der Waals surface area contributed by atoms with Crippen molar-refractivity contribution >= 4 is 5.91 Å². The Morgan fingerprint density at radius 1 is 1.67 bits per heavy atom. The number of likely N-dealkylation sites (N-methyl/N-ethyl adjacent to an activating group) is 1. The van der Waals surface area contributed by atoms with E-state index in [1.54, 1.807) is 17.7 Å². The van der Waals surface area contributed by atoms with Gasteiger partial charge >= 0.3 is 0 Å². The van der Waals surface area contributed by atoms with Gasteiger partial charge in [-0.25, -0.2) is 0 Å². The molecule has 1 rings (SSSR count). The lowest BCUT2D eigenvalue weighted by molar-refractivity contribution is -0.119. The quantitative estimate of drug-likeness (QED) is 0.712. The smallest absolute Gasteiger partial charge is 0.233 e. The summed E-state index contributed by atoms with van der Waals surface area (Å²) in [5, 5.41) is 14.2. The number of nitrogens with zero attached hydrogens (tertiary/aromatic N) is 2. The fourth-order valence-electron chi connectivity index (χ4n) is 1.25. The molecule has 0 spiro atoms. The zero-order valence-corrected chi connectivity index (χ0v) is 8.87. The third kappa shape index (κ3) is 3.11. The lowest BCUT2D eigenvalue weighted by Gasteiger charge is -2.01. The van der Waals surface area contributed by atoms with Crippen LogP contribution in [0.1, 0.15) is 11.3 Å². The Balaban J connectivity index is 2.45. The van der Waals surface area contributed by atoms with E-state index in [2.05, 4.69) is 16.7 Å². The standard InChI is InChI=1S/C10H14N4O/c1-12-10(15)6-13-5-8-3-9(4-11)14(2)7-8/h3,7,13H,5-6H2,1-2H3,(H,12,15). The first kappa shape index (κ1) is 11.3. The van der Waals surface area contributed by atoms with Crippen LogP contribution in [0.3, 0.4) is 0 Å². The van der Waals surface area contributed by atoms with E-state index >= 15 is 0 Å². The summed E-state index contributed by atoms with van der Waals surface area (Å²) >= 11 is 0. The number of carbonyl (C=O) groups excluding carboxylic acids is 1. The van der Waals surface area contributed by atoms with Gasteiger partial charge in [0.25, 0.3) is 0 Å². The number of nitrogens with one attached hydrogen (secondary N) is 2. The molecule has 0 saturated carbocycles. The van der Waals surface area contributed by atoms with Crippen molar-refractivity contribution in [2.75, 3.05) is 13.6 Å². The molecule has 5 nitrogen and oxygen atoms in total. The summed E-state index contributed by atoms with van der Waals surface area (Å²) in [5.74, 6) is -0.0496. The maximum atomic E-state index is 10.9. The SMILES string of the molecule is CNC(=O)CNCc1cc(C#N)n(C)c1. The Morgan fingerprint density at radius 2 is 2.40 bits per heavy atom. The van der Waals surface area contributed by atoms with Crippen molar-refractivity contribution in [2.45, 2.75) is 6.54 Å². The molecule has 1 heterocycles. The van der Waals surface area contributed by atoms with Crippen LogP contribution in [-0.4, -0.2) is 24.1 Å². The number of aryl methyl sites for hydroxylation is 1. The summed E-state index contributed by atoms with van der Waals surface area (Å²) in [7, 11) is 3.42. The number of aromatic nitrogens is 1. The van der Waals surface area contributed by atoms with Gasteiger partial charge in [0.15, 0.2) is 0 Å². The summed E-state index contributed by atoms with van der Waals surface area (Å²) in [6.45, 7) is 0.871. The Labute approximate surface area is 88.7 Å². The van der Waals surface area contributed by atoms with Crippen LogP contribution >= 0.6 is 0 Å². The maximum Gasteiger partial charge on any atom is 0.233 e. The minimum atomic E-state index is -0.0496. The third-order valence-corrected chi connectivity index (χ3v) is 2.07. The summed E-state index contributed by atoms with van der Waals surface area (Å²) in [5.41, 5.74) is 1.62. The zero-order valence-electron chi connectivity index (χ0n) is 8.87. The molecule has 15 heavy (non-hydrogen) atoms. The van der Waals surface area contributed by atoms with E-state index in [4.69, 9.17) is 5.26 Å². The highest BCUT2D eigenvalue weighted by atomic mass is 16.1. The summed E-state index contributed by atoms with van der Waals surface area (Å²) in [6.07, 6.45) is 1.87. The molecule has 0 saturated heterocycles. The lowest BCUT2D eigenvalue weighted by Crippen LogP contribution is -2.30. The topological polar surface area (TPSA) is 69.8 Å². The van der Waals surface area contributed by atoms with E-state index in [1.165, 1.54) is 0 Å². The first-order valence-corrected chi connectivity index (χ1v) is 4.64. The number of amides is 1. The van der Waals surface area contributed by atoms with E-state index in [1.807, 2.05) is 13.2 Å². The van der Waals surface area contributed by atoms with Crippen molar-refractivity contribution in [3.05, 3.63) is 23.5 Å². The molecule has 1 amide bonds. The van der Waals surface area contributed by atoms with Crippen molar-refractivity contribution < 1.29 is 4.79 Å². The molecule has 1 aromatic rings. The Bertz CT molecular complexity index is 389. The van der Waals surface area contributed by atoms with Crippen LogP contribution in [0.15, 0.2) is 12.3 Å². The molecule has 0 atom stereocenters. The van der Waals surface area contributed by atoms with Gasteiger partial charge in [0.1, 0.15) is 11.8 Å². The van der Waals surface area contributed by atoms with Gasteiger partial charge in [-0.2, -0.15) is 5.26 Å². The average molecular weight is 206 g/mol. The van der Waals surface area contributed by atoms with Gasteiger partial charge in [0.2, 0.25) is 5.91 Å². The highest BCUT2D eigenvalue weighted by Crippen LogP contribution is 2.05. The van der Waals surface area contributed by atoms with Gasteiger partial charge in [-0.05, 0) is 11.6 Å². The molecule has 0 fully saturated rings. The predicted molar refractivity (Wildman–Crippen MR) is 55.9 cm³/mol. The van der Waals surface area contributed by atoms with Gasteiger partial charge in [0.05, 0.1) is 6.54 Å². The molecule has 0 radical (unpaired) electrons. The number of nitriles is 1. The van der Waals surface area contributed by atoms with E-state index in [0.29, 0.717) is 12.2 Å². The molecule has 0 bridgehead atoms. The first-order chi connectivity index (χ1) is 7.17. The van der Waals surface area contributed by atoms with Gasteiger partial charge < -0.3 is 15.2 Å². The van der Waals surface area contributed by atoms with Crippen LogP contribution in [0.5, 0.6) is 0 Å². The fraction of sp³-hybridized carbons (Fsp3) is 0.400. The third-order valence-electron chi connectivity index (χ3n) is 2.07. The van der Waals surface area contributed by atoms with Crippen LogP contribution in [0.2, 0.25) is 0 Å². The van der Waals surface area contributed by atoms with Gasteiger partial charge in [-0.3, -0.25) is 4.79 Å². The molecule has 0 aromatic carbocycles. The van der Waals surface area contributed by atoms with E-state index < -0.39 is 0 Å². The van der Waals surface area contributed by atoms with Crippen LogP contribution in [0, 0.1) is 11.3 Å². The summed E-state index contributed by atoms with van der Waals surface area (Å²) in [4.78, 5) is 10.9. The minimum Gasteiger partial charge on any atom is -0.358 e. The number of hydrogen-bond donors (Lipinski definition) is 2. The molecular weight excluding hydrogens is 192 g/mol. The molecule has 2 N–H and O–H groups in total. The summed E-state index contributed by atoms with van der Waals surface area (Å²) in [6, 6.07) is 3.88. The van der Waals surface area contributed by atoms with Gasteiger partial charge in [0, 0.05) is 26.8 Å². The number of carbonyl (C=O) groups is 1. The summed E-state index contributed by atoms with van der Waals surface area (Å²) < 4.78 is 1.76. The molecule has 1 aromatic heterocycles. The van der Waals surface area contributed by atoms with Crippen molar-refractivity contribution in [1.29, 1.82) is 5.26 Å². The molecule has 0 aliphatic heterocycles.